The second kappa shape index (κ2) is 25.5. The molecule has 1 aliphatic carbocycles. The molecular formula is C50H66F3N11O8. The summed E-state index contributed by atoms with van der Waals surface area (Å²) in [6.45, 7) is 8.44. The number of nitrogens with zero attached hydrogens (tertiary/aromatic N) is 7. The van der Waals surface area contributed by atoms with Crippen LogP contribution >= 0.6 is 0 Å². The molecule has 22 heteroatoms. The van der Waals surface area contributed by atoms with Crippen LogP contribution in [0.4, 0.5) is 24.8 Å². The van der Waals surface area contributed by atoms with Crippen LogP contribution in [0.25, 0.3) is 10.9 Å². The van der Waals surface area contributed by atoms with Gasteiger partial charge < -0.3 is 54.9 Å². The second-order valence-electron chi connectivity index (χ2n) is 18.5. The van der Waals surface area contributed by atoms with Crippen LogP contribution < -0.4 is 21.3 Å². The molecule has 3 aromatic heterocycles. The Morgan fingerprint density at radius 2 is 1.60 bits per heavy atom. The van der Waals surface area contributed by atoms with Crippen molar-refractivity contribution in [1.29, 1.82) is 0 Å². The van der Waals surface area contributed by atoms with E-state index in [0.29, 0.717) is 109 Å². The second-order valence-corrected chi connectivity index (χ2v) is 18.5. The van der Waals surface area contributed by atoms with Gasteiger partial charge in [-0.3, -0.25) is 24.2 Å². The van der Waals surface area contributed by atoms with Gasteiger partial charge in [0.2, 0.25) is 17.7 Å². The van der Waals surface area contributed by atoms with Crippen molar-refractivity contribution in [3.63, 3.8) is 0 Å². The number of ether oxygens (including phenoxy) is 4. The van der Waals surface area contributed by atoms with Crippen LogP contribution in [-0.4, -0.2) is 175 Å². The van der Waals surface area contributed by atoms with Gasteiger partial charge in [0.05, 0.1) is 93.5 Å². The van der Waals surface area contributed by atoms with Crippen molar-refractivity contribution in [2.75, 3.05) is 97.2 Å². The van der Waals surface area contributed by atoms with E-state index < -0.39 is 23.7 Å². The largest absolute Gasteiger partial charge is 0.416 e. The number of anilines is 2. The summed E-state index contributed by atoms with van der Waals surface area (Å²) in [6.07, 6.45) is 4.22. The number of carbonyl (C=O) groups excluding carboxylic acids is 4. The minimum Gasteiger partial charge on any atom is -0.377 e. The molecule has 3 fully saturated rings. The molecule has 6 atom stereocenters. The van der Waals surface area contributed by atoms with Crippen molar-refractivity contribution in [2.24, 2.45) is 5.92 Å². The average Bonchev–Trinajstić information content (AvgIpc) is 3.89. The number of benzene rings is 1. The van der Waals surface area contributed by atoms with Crippen molar-refractivity contribution < 1.29 is 51.3 Å². The van der Waals surface area contributed by atoms with E-state index in [1.807, 2.05) is 6.07 Å². The van der Waals surface area contributed by atoms with E-state index in [-0.39, 0.29) is 71.5 Å². The molecule has 0 bridgehead atoms. The summed E-state index contributed by atoms with van der Waals surface area (Å²) < 4.78 is 63.1. The molecule has 0 spiro atoms. The van der Waals surface area contributed by atoms with Crippen LogP contribution in [0.1, 0.15) is 73.5 Å². The standard InChI is InChI=1S/C50H66F3N11O8/c1-32(2)62(3)36-9-11-42(64-17-13-40(49(64)68)60-46-37-26-35(50(51,52)53)8-10-39(37)58-31-59-46)41(27-36)61-47(66)34-7-12-43(57-30-34)55-15-18-69-20-22-71-24-25-72-23-21-70-19-16-56-48(67)38-28-44(65)63(4)45(38)33-6-5-14-54-29-33/h5-8,10,12,14,26,29-32,36,38,40-42,45H,9,11,13,15-25,27-28H2,1-4H3,(H,55,57)(H,56,67)(H,61,66)(H,58,59,60)/t36-,38+,40+,41-,42+,45-/m1/s1. The molecule has 390 valence electrons. The van der Waals surface area contributed by atoms with E-state index in [1.54, 1.807) is 47.4 Å². The fourth-order valence-electron chi connectivity index (χ4n) is 9.52. The maximum Gasteiger partial charge on any atom is 0.416 e. The number of pyridine rings is 2. The quantitative estimate of drug-likeness (QED) is 0.0681. The molecule has 4 amide bonds. The average molecular weight is 1010 g/mol. The molecule has 3 aliphatic rings. The Morgan fingerprint density at radius 1 is 0.875 bits per heavy atom. The van der Waals surface area contributed by atoms with Crippen LogP contribution in [0.2, 0.25) is 0 Å². The lowest BCUT2D eigenvalue weighted by Gasteiger charge is -2.44. The maximum absolute atomic E-state index is 14.0. The summed E-state index contributed by atoms with van der Waals surface area (Å²) in [7, 11) is 3.77. The Balaban J connectivity index is 0.765. The van der Waals surface area contributed by atoms with E-state index in [4.69, 9.17) is 18.9 Å². The van der Waals surface area contributed by atoms with Gasteiger partial charge in [-0.2, -0.15) is 13.2 Å². The molecule has 1 aromatic carbocycles. The number of nitrogens with one attached hydrogen (secondary N) is 4. The molecule has 7 rings (SSSR count). The summed E-state index contributed by atoms with van der Waals surface area (Å²) in [6, 6.07) is 9.06. The number of aromatic nitrogens is 4. The molecule has 5 heterocycles. The lowest BCUT2D eigenvalue weighted by Crippen LogP contribution is -2.58. The topological polar surface area (TPSA) is 215 Å². The molecule has 2 aliphatic heterocycles. The highest BCUT2D eigenvalue weighted by molar-refractivity contribution is 5.95. The molecule has 4 aromatic rings. The van der Waals surface area contributed by atoms with Crippen LogP contribution in [-0.2, 0) is 39.5 Å². The Labute approximate surface area is 417 Å². The van der Waals surface area contributed by atoms with Gasteiger partial charge in [0.25, 0.3) is 5.91 Å². The molecule has 2 saturated heterocycles. The third-order valence-corrected chi connectivity index (χ3v) is 13.6. The van der Waals surface area contributed by atoms with E-state index in [1.165, 1.54) is 18.6 Å². The molecular weight excluding hydrogens is 940 g/mol. The third-order valence-electron chi connectivity index (χ3n) is 13.6. The van der Waals surface area contributed by atoms with Gasteiger partial charge in [0.15, 0.2) is 0 Å². The van der Waals surface area contributed by atoms with E-state index in [0.717, 1.165) is 24.1 Å². The number of rotatable bonds is 25. The zero-order valence-electron chi connectivity index (χ0n) is 41.2. The van der Waals surface area contributed by atoms with Gasteiger partial charge in [-0.1, -0.05) is 6.07 Å². The molecule has 1 saturated carbocycles. The van der Waals surface area contributed by atoms with E-state index in [2.05, 4.69) is 67.0 Å². The van der Waals surface area contributed by atoms with Crippen LogP contribution in [0.5, 0.6) is 0 Å². The normalized spacial score (nSPS) is 21.5. The molecule has 72 heavy (non-hydrogen) atoms. The fourth-order valence-corrected chi connectivity index (χ4v) is 9.52. The van der Waals surface area contributed by atoms with Crippen LogP contribution in [0.3, 0.4) is 0 Å². The Morgan fingerprint density at radius 3 is 2.26 bits per heavy atom. The minimum atomic E-state index is -4.55. The number of hydrogen-bond donors (Lipinski definition) is 4. The molecule has 4 N–H and O–H groups in total. The Bertz CT molecular complexity index is 2420. The summed E-state index contributed by atoms with van der Waals surface area (Å²) in [5.74, 6) is -0.543. The first kappa shape index (κ1) is 53.7. The number of likely N-dealkylation sites (tertiary alicyclic amines) is 2. The van der Waals surface area contributed by atoms with Crippen molar-refractivity contribution in [1.82, 2.24) is 45.3 Å². The SMILES string of the molecule is CC(C)N(C)[C@@H]1CC[C@H](N2CC[C@H](Nc3ncnc4ccc(C(F)(F)F)cc34)C2=O)[C@H](NC(=O)c2ccc(NCCOCCOCCOCCOCCNC(=O)[C@H]3CC(=O)N(C)[C@@H]3c3cccnc3)nc2)C1. The van der Waals surface area contributed by atoms with Crippen LogP contribution in [0.15, 0.2) is 67.4 Å². The van der Waals surface area contributed by atoms with Gasteiger partial charge in [-0.05, 0) is 88.5 Å². The van der Waals surface area contributed by atoms with Gasteiger partial charge in [0.1, 0.15) is 24.0 Å². The highest BCUT2D eigenvalue weighted by atomic mass is 19.4. The van der Waals surface area contributed by atoms with E-state index in [9.17, 15) is 32.3 Å². The van der Waals surface area contributed by atoms with Gasteiger partial charge >= 0.3 is 6.18 Å². The summed E-state index contributed by atoms with van der Waals surface area (Å²) in [5, 5.41) is 12.6. The minimum absolute atomic E-state index is 0.0781. The molecule has 0 radical (unpaired) electrons. The zero-order valence-corrected chi connectivity index (χ0v) is 41.2. The number of halogens is 3. The lowest BCUT2D eigenvalue weighted by atomic mass is 9.84. The van der Waals surface area contributed by atoms with Crippen molar-refractivity contribution in [3.05, 3.63) is 84.1 Å². The first-order valence-electron chi connectivity index (χ1n) is 24.6. The summed E-state index contributed by atoms with van der Waals surface area (Å²) >= 11 is 0. The van der Waals surface area contributed by atoms with Crippen molar-refractivity contribution in [2.45, 2.75) is 88.4 Å². The predicted molar refractivity (Wildman–Crippen MR) is 261 cm³/mol. The van der Waals surface area contributed by atoms with Crippen LogP contribution in [0, 0.1) is 5.92 Å². The van der Waals surface area contributed by atoms with E-state index >= 15 is 0 Å². The van der Waals surface area contributed by atoms with Crippen molar-refractivity contribution in [3.8, 4) is 0 Å². The Hall–Kier alpha value is -6.07. The maximum atomic E-state index is 14.0. The number of alkyl halides is 3. The first-order chi connectivity index (χ1) is 34.7. The highest BCUT2D eigenvalue weighted by Gasteiger charge is 2.44. The molecule has 19 nitrogen and oxygen atoms in total. The lowest BCUT2D eigenvalue weighted by molar-refractivity contribution is -0.137. The van der Waals surface area contributed by atoms with Crippen molar-refractivity contribution >= 4 is 46.2 Å². The number of amides is 4. The number of fused-ring (bicyclic) bond motifs is 1. The first-order valence-corrected chi connectivity index (χ1v) is 24.6. The van der Waals surface area contributed by atoms with Gasteiger partial charge in [-0.25, -0.2) is 15.0 Å². The zero-order chi connectivity index (χ0) is 51.2. The van der Waals surface area contributed by atoms with Gasteiger partial charge in [0, 0.05) is 69.2 Å². The predicted octanol–water partition coefficient (Wildman–Crippen LogP) is 4.33. The number of carbonyl (C=O) groups is 4. The summed E-state index contributed by atoms with van der Waals surface area (Å²) in [4.78, 5) is 75.6. The highest BCUT2D eigenvalue weighted by Crippen LogP contribution is 2.37. The van der Waals surface area contributed by atoms with Gasteiger partial charge in [-0.15, -0.1) is 0 Å². The molecule has 0 unspecified atom stereocenters. The third kappa shape index (κ3) is 14.1. The Kier molecular flexibility index (Phi) is 19.1. The smallest absolute Gasteiger partial charge is 0.377 e. The fraction of sp³-hybridized carbons (Fsp3) is 0.560. The number of hydrogen-bond acceptors (Lipinski definition) is 15. The monoisotopic (exact) mass is 1010 g/mol. The summed E-state index contributed by atoms with van der Waals surface area (Å²) in [5.41, 5.74) is 0.692.